The molecule has 0 heterocycles. The van der Waals surface area contributed by atoms with Gasteiger partial charge in [-0.25, -0.2) is 0 Å². The molecule has 0 rings (SSSR count). The molecule has 0 unspecified atom stereocenters. The van der Waals surface area contributed by atoms with Gasteiger partial charge in [0.2, 0.25) is 0 Å². The van der Waals surface area contributed by atoms with Gasteiger partial charge in [0.1, 0.15) is 6.54 Å². The quantitative estimate of drug-likeness (QED) is 0.280. The second-order valence-corrected chi connectivity index (χ2v) is 0.909. The van der Waals surface area contributed by atoms with Gasteiger partial charge in [0.05, 0.1) is 6.61 Å². The van der Waals surface area contributed by atoms with Crippen molar-refractivity contribution in [3.05, 3.63) is 0 Å². The minimum atomic E-state index is 0.355. The highest BCUT2D eigenvalue weighted by Crippen LogP contribution is 1.63. The van der Waals surface area contributed by atoms with Gasteiger partial charge < -0.3 is 0 Å². The summed E-state index contributed by atoms with van der Waals surface area (Å²) >= 11 is 0. The maximum Gasteiger partial charge on any atom is 0.103 e. The molecule has 39 valence electrons. The summed E-state index contributed by atoms with van der Waals surface area (Å²) < 4.78 is 0. The zero-order valence-electron chi connectivity index (χ0n) is 4.35. The van der Waals surface area contributed by atoms with Crippen LogP contribution in [-0.2, 0) is 4.84 Å². The standard InChI is InChI=1S/C5H8NO/c1-3-5-6-7-4-2/h1H,4-5H2,2H3. The predicted octanol–water partition coefficient (Wildman–Crippen LogP) is 0.175. The Balaban J connectivity index is 2.60. The van der Waals surface area contributed by atoms with Crippen LogP contribution >= 0.6 is 0 Å². The van der Waals surface area contributed by atoms with E-state index < -0.39 is 0 Å². The molecule has 0 amide bonds. The Hall–Kier alpha value is -0.520. The highest BCUT2D eigenvalue weighted by atomic mass is 16.6. The number of nitrogens with zero attached hydrogens (tertiary/aromatic N) is 1. The van der Waals surface area contributed by atoms with Crippen LogP contribution in [0, 0.1) is 12.3 Å². The third kappa shape index (κ3) is 5.48. The molecule has 2 nitrogen and oxygen atoms in total. The first-order valence-corrected chi connectivity index (χ1v) is 2.14. The van der Waals surface area contributed by atoms with Crippen LogP contribution in [0.3, 0.4) is 0 Å². The molecule has 0 aromatic carbocycles. The van der Waals surface area contributed by atoms with E-state index in [4.69, 9.17) is 6.42 Å². The summed E-state index contributed by atoms with van der Waals surface area (Å²) in [6.07, 6.45) is 4.85. The number of hydrogen-bond acceptors (Lipinski definition) is 1. The molecule has 2 heteroatoms. The Morgan fingerprint density at radius 2 is 2.57 bits per heavy atom. The van der Waals surface area contributed by atoms with E-state index in [-0.39, 0.29) is 0 Å². The summed E-state index contributed by atoms with van der Waals surface area (Å²) in [5, 5.41) is 0. The van der Waals surface area contributed by atoms with Crippen molar-refractivity contribution < 1.29 is 4.84 Å². The van der Waals surface area contributed by atoms with Crippen molar-refractivity contribution in [3.8, 4) is 12.3 Å². The average molecular weight is 98.1 g/mol. The first kappa shape index (κ1) is 6.48. The van der Waals surface area contributed by atoms with Gasteiger partial charge in [0, 0.05) is 0 Å². The Morgan fingerprint density at radius 1 is 1.86 bits per heavy atom. The van der Waals surface area contributed by atoms with Crippen LogP contribution in [-0.4, -0.2) is 13.2 Å². The van der Waals surface area contributed by atoms with Gasteiger partial charge in [-0.2, -0.15) is 0 Å². The number of rotatable bonds is 3. The summed E-state index contributed by atoms with van der Waals surface area (Å²) in [7, 11) is 0. The first-order valence-electron chi connectivity index (χ1n) is 2.14. The predicted molar refractivity (Wildman–Crippen MR) is 27.5 cm³/mol. The van der Waals surface area contributed by atoms with E-state index in [1.807, 2.05) is 6.92 Å². The summed E-state index contributed by atoms with van der Waals surface area (Å²) in [6.45, 7) is 2.82. The maximum atomic E-state index is 4.85. The normalized spacial score (nSPS) is 8.00. The van der Waals surface area contributed by atoms with Crippen LogP contribution in [0.25, 0.3) is 0 Å². The molecule has 0 saturated carbocycles. The van der Waals surface area contributed by atoms with Crippen molar-refractivity contribution in [2.24, 2.45) is 0 Å². The van der Waals surface area contributed by atoms with E-state index in [1.165, 1.54) is 0 Å². The molecular weight excluding hydrogens is 90.1 g/mol. The average Bonchev–Trinajstić information content (AvgIpc) is 1.69. The second kappa shape index (κ2) is 5.48. The lowest BCUT2D eigenvalue weighted by Gasteiger charge is -1.90. The van der Waals surface area contributed by atoms with Crippen LogP contribution in [0.2, 0.25) is 0 Å². The lowest BCUT2D eigenvalue weighted by Crippen LogP contribution is -2.04. The molecule has 0 spiro atoms. The van der Waals surface area contributed by atoms with Crippen molar-refractivity contribution in [3.63, 3.8) is 0 Å². The third-order valence-corrected chi connectivity index (χ3v) is 0.376. The van der Waals surface area contributed by atoms with Gasteiger partial charge in [-0.1, -0.05) is 11.4 Å². The molecular formula is C5H8NO. The largest absolute Gasteiger partial charge is 0.281 e. The van der Waals surface area contributed by atoms with Gasteiger partial charge in [-0.3, -0.25) is 4.84 Å². The Labute approximate surface area is 43.8 Å². The van der Waals surface area contributed by atoms with E-state index >= 15 is 0 Å². The minimum absolute atomic E-state index is 0.355. The maximum absolute atomic E-state index is 4.85. The molecule has 0 aromatic heterocycles. The van der Waals surface area contributed by atoms with Crippen LogP contribution in [0.5, 0.6) is 0 Å². The van der Waals surface area contributed by atoms with Crippen molar-refractivity contribution >= 4 is 0 Å². The monoisotopic (exact) mass is 98.1 g/mol. The van der Waals surface area contributed by atoms with Gasteiger partial charge in [0.25, 0.3) is 0 Å². The summed E-state index contributed by atoms with van der Waals surface area (Å²) in [5.41, 5.74) is 3.47. The molecule has 0 bridgehead atoms. The topological polar surface area (TPSA) is 23.3 Å². The van der Waals surface area contributed by atoms with E-state index in [0.717, 1.165) is 0 Å². The molecule has 1 radical (unpaired) electrons. The van der Waals surface area contributed by atoms with E-state index in [9.17, 15) is 0 Å². The third-order valence-electron chi connectivity index (χ3n) is 0.376. The van der Waals surface area contributed by atoms with Crippen LogP contribution in [0.4, 0.5) is 0 Å². The fraction of sp³-hybridized carbons (Fsp3) is 0.600. The number of hydrogen-bond donors (Lipinski definition) is 0. The summed E-state index contributed by atoms with van der Waals surface area (Å²) in [5.74, 6) is 2.31. The van der Waals surface area contributed by atoms with E-state index in [1.54, 1.807) is 0 Å². The highest BCUT2D eigenvalue weighted by Gasteiger charge is 1.75. The first-order chi connectivity index (χ1) is 3.41. The molecule has 0 saturated heterocycles. The smallest absolute Gasteiger partial charge is 0.103 e. The fourth-order valence-corrected chi connectivity index (χ4v) is 0.174. The molecule has 0 aliphatic rings. The number of hydroxylamine groups is 1. The molecule has 0 aliphatic carbocycles. The molecule has 7 heavy (non-hydrogen) atoms. The van der Waals surface area contributed by atoms with Gasteiger partial charge in [0.15, 0.2) is 0 Å². The summed E-state index contributed by atoms with van der Waals surface area (Å²) in [4.78, 5) is 4.56. The van der Waals surface area contributed by atoms with E-state index in [2.05, 4.69) is 16.2 Å². The van der Waals surface area contributed by atoms with Crippen LogP contribution < -0.4 is 5.48 Å². The minimum Gasteiger partial charge on any atom is -0.281 e. The van der Waals surface area contributed by atoms with Gasteiger partial charge in [-0.05, 0) is 6.92 Å². The zero-order chi connectivity index (χ0) is 5.54. The highest BCUT2D eigenvalue weighted by molar-refractivity contribution is 4.84. The molecule has 0 aromatic rings. The van der Waals surface area contributed by atoms with Crippen molar-refractivity contribution in [1.82, 2.24) is 5.48 Å². The van der Waals surface area contributed by atoms with Crippen molar-refractivity contribution in [2.75, 3.05) is 13.2 Å². The van der Waals surface area contributed by atoms with Crippen LogP contribution in [0.1, 0.15) is 6.92 Å². The Kier molecular flexibility index (Phi) is 5.07. The van der Waals surface area contributed by atoms with Crippen molar-refractivity contribution in [2.45, 2.75) is 6.92 Å². The van der Waals surface area contributed by atoms with Crippen LogP contribution in [0.15, 0.2) is 0 Å². The van der Waals surface area contributed by atoms with Crippen molar-refractivity contribution in [1.29, 1.82) is 0 Å². The molecule has 0 N–H and O–H groups in total. The molecule has 0 atom stereocenters. The Bertz CT molecular complexity index is 65.0. The number of terminal acetylenes is 1. The Morgan fingerprint density at radius 3 is 3.00 bits per heavy atom. The molecule has 0 fully saturated rings. The second-order valence-electron chi connectivity index (χ2n) is 0.909. The van der Waals surface area contributed by atoms with Gasteiger partial charge >= 0.3 is 0 Å². The fourth-order valence-electron chi connectivity index (χ4n) is 0.174. The van der Waals surface area contributed by atoms with Gasteiger partial charge in [-0.15, -0.1) is 6.42 Å². The zero-order valence-corrected chi connectivity index (χ0v) is 4.35. The SMILES string of the molecule is C#CC[N]OCC. The van der Waals surface area contributed by atoms with E-state index in [0.29, 0.717) is 13.2 Å². The summed E-state index contributed by atoms with van der Waals surface area (Å²) in [6, 6.07) is 0. The lowest BCUT2D eigenvalue weighted by molar-refractivity contribution is 0.0517. The molecule has 0 aliphatic heterocycles. The lowest BCUT2D eigenvalue weighted by atomic mass is 10.7.